The quantitative estimate of drug-likeness (QED) is 0.759. The standard InChI is InChI=1S/C13H18N4O2/c1-10-15-16-12-9-11(5-7-17(10)12)13(19)14-6-3-2-4-8-18/h5,7,9,18H,2-4,6,8H2,1H3,(H,14,19). The van der Waals surface area contributed by atoms with Gasteiger partial charge in [0.25, 0.3) is 5.91 Å². The summed E-state index contributed by atoms with van der Waals surface area (Å²) in [7, 11) is 0. The van der Waals surface area contributed by atoms with Gasteiger partial charge >= 0.3 is 0 Å². The van der Waals surface area contributed by atoms with Crippen LogP contribution in [0, 0.1) is 6.92 Å². The van der Waals surface area contributed by atoms with Crippen molar-refractivity contribution in [2.45, 2.75) is 26.2 Å². The number of nitrogens with one attached hydrogen (secondary N) is 1. The number of nitrogens with zero attached hydrogens (tertiary/aromatic N) is 3. The van der Waals surface area contributed by atoms with E-state index >= 15 is 0 Å². The van der Waals surface area contributed by atoms with Crippen LogP contribution in [0.5, 0.6) is 0 Å². The first kappa shape index (κ1) is 13.5. The van der Waals surface area contributed by atoms with E-state index < -0.39 is 0 Å². The van der Waals surface area contributed by atoms with Crippen LogP contribution in [0.4, 0.5) is 0 Å². The van der Waals surface area contributed by atoms with Gasteiger partial charge in [0.05, 0.1) is 0 Å². The fraction of sp³-hybridized carbons (Fsp3) is 0.462. The fourth-order valence-electron chi connectivity index (χ4n) is 1.87. The number of aromatic nitrogens is 3. The summed E-state index contributed by atoms with van der Waals surface area (Å²) in [5.74, 6) is 0.693. The zero-order valence-corrected chi connectivity index (χ0v) is 11.0. The fourth-order valence-corrected chi connectivity index (χ4v) is 1.87. The maximum Gasteiger partial charge on any atom is 0.251 e. The molecule has 0 aliphatic heterocycles. The number of aryl methyl sites for hydroxylation is 1. The Bertz CT molecular complexity index is 565. The Morgan fingerprint density at radius 3 is 3.00 bits per heavy atom. The van der Waals surface area contributed by atoms with E-state index in [2.05, 4.69) is 15.5 Å². The Morgan fingerprint density at radius 1 is 1.37 bits per heavy atom. The monoisotopic (exact) mass is 262 g/mol. The van der Waals surface area contributed by atoms with Crippen molar-refractivity contribution in [2.75, 3.05) is 13.2 Å². The molecule has 1 amide bonds. The molecule has 0 unspecified atom stereocenters. The first-order chi connectivity index (χ1) is 9.22. The molecule has 0 aliphatic carbocycles. The molecule has 6 nitrogen and oxygen atoms in total. The van der Waals surface area contributed by atoms with Gasteiger partial charge in [0.1, 0.15) is 5.82 Å². The molecule has 0 saturated heterocycles. The molecular weight excluding hydrogens is 244 g/mol. The van der Waals surface area contributed by atoms with Crippen LogP contribution >= 0.6 is 0 Å². The lowest BCUT2D eigenvalue weighted by Gasteiger charge is -2.05. The number of carbonyl (C=O) groups is 1. The van der Waals surface area contributed by atoms with Gasteiger partial charge in [0.2, 0.25) is 0 Å². The highest BCUT2D eigenvalue weighted by Gasteiger charge is 2.07. The van der Waals surface area contributed by atoms with Crippen molar-refractivity contribution in [1.82, 2.24) is 19.9 Å². The minimum absolute atomic E-state index is 0.104. The summed E-state index contributed by atoms with van der Waals surface area (Å²) in [6.45, 7) is 2.69. The number of rotatable bonds is 6. The molecule has 6 heteroatoms. The predicted octanol–water partition coefficient (Wildman–Crippen LogP) is 0.930. The zero-order valence-electron chi connectivity index (χ0n) is 11.0. The average Bonchev–Trinajstić information content (AvgIpc) is 2.79. The lowest BCUT2D eigenvalue weighted by atomic mass is 10.2. The summed E-state index contributed by atoms with van der Waals surface area (Å²) in [6, 6.07) is 3.48. The summed E-state index contributed by atoms with van der Waals surface area (Å²) < 4.78 is 1.83. The topological polar surface area (TPSA) is 79.5 Å². The van der Waals surface area contributed by atoms with Gasteiger partial charge in [-0.05, 0) is 38.3 Å². The molecule has 2 rings (SSSR count). The molecule has 0 spiro atoms. The van der Waals surface area contributed by atoms with E-state index in [-0.39, 0.29) is 12.5 Å². The second-order valence-corrected chi connectivity index (χ2v) is 4.43. The minimum atomic E-state index is -0.104. The number of hydrogen-bond donors (Lipinski definition) is 2. The third-order valence-corrected chi connectivity index (χ3v) is 2.96. The summed E-state index contributed by atoms with van der Waals surface area (Å²) in [4.78, 5) is 11.9. The normalized spacial score (nSPS) is 10.8. The van der Waals surface area contributed by atoms with Crippen molar-refractivity contribution < 1.29 is 9.90 Å². The molecule has 2 aromatic rings. The molecule has 0 saturated carbocycles. The molecule has 19 heavy (non-hydrogen) atoms. The predicted molar refractivity (Wildman–Crippen MR) is 71.0 cm³/mol. The van der Waals surface area contributed by atoms with Crippen LogP contribution in [-0.2, 0) is 0 Å². The highest BCUT2D eigenvalue weighted by molar-refractivity contribution is 5.94. The lowest BCUT2D eigenvalue weighted by molar-refractivity contribution is 0.0953. The van der Waals surface area contributed by atoms with Crippen molar-refractivity contribution in [3.8, 4) is 0 Å². The number of aliphatic hydroxyl groups is 1. The SMILES string of the molecule is Cc1nnc2cc(C(=O)NCCCCCO)ccn12. The van der Waals surface area contributed by atoms with Gasteiger partial charge in [-0.15, -0.1) is 10.2 Å². The minimum Gasteiger partial charge on any atom is -0.396 e. The van der Waals surface area contributed by atoms with Gasteiger partial charge in [-0.3, -0.25) is 9.20 Å². The number of carbonyl (C=O) groups excluding carboxylic acids is 1. The second-order valence-electron chi connectivity index (χ2n) is 4.43. The first-order valence-corrected chi connectivity index (χ1v) is 6.43. The summed E-state index contributed by atoms with van der Waals surface area (Å²) in [5.41, 5.74) is 1.26. The van der Waals surface area contributed by atoms with Crippen LogP contribution in [0.3, 0.4) is 0 Å². The number of hydrogen-bond acceptors (Lipinski definition) is 4. The number of pyridine rings is 1. The molecule has 0 aromatic carbocycles. The number of unbranched alkanes of at least 4 members (excludes halogenated alkanes) is 2. The Morgan fingerprint density at radius 2 is 2.21 bits per heavy atom. The van der Waals surface area contributed by atoms with Crippen LogP contribution in [0.2, 0.25) is 0 Å². The Kier molecular flexibility index (Phi) is 4.46. The number of aliphatic hydroxyl groups excluding tert-OH is 1. The van der Waals surface area contributed by atoms with E-state index in [4.69, 9.17) is 5.11 Å². The van der Waals surface area contributed by atoms with Crippen molar-refractivity contribution in [3.05, 3.63) is 29.7 Å². The molecule has 2 N–H and O–H groups in total. The molecule has 0 atom stereocenters. The van der Waals surface area contributed by atoms with Gasteiger partial charge < -0.3 is 10.4 Å². The summed E-state index contributed by atoms with van der Waals surface area (Å²) >= 11 is 0. The second kappa shape index (κ2) is 6.29. The van der Waals surface area contributed by atoms with E-state index in [9.17, 15) is 4.79 Å². The molecule has 0 bridgehead atoms. The van der Waals surface area contributed by atoms with Gasteiger partial charge in [-0.1, -0.05) is 0 Å². The van der Waals surface area contributed by atoms with Crippen molar-refractivity contribution >= 4 is 11.6 Å². The maximum absolute atomic E-state index is 11.9. The Labute approximate surface area is 111 Å². The maximum atomic E-state index is 11.9. The highest BCUT2D eigenvalue weighted by Crippen LogP contribution is 2.07. The lowest BCUT2D eigenvalue weighted by Crippen LogP contribution is -2.24. The molecule has 102 valence electrons. The van der Waals surface area contributed by atoms with E-state index in [0.29, 0.717) is 17.8 Å². The molecule has 0 radical (unpaired) electrons. The summed E-state index contributed by atoms with van der Waals surface area (Å²) in [5, 5.41) is 19.4. The third kappa shape index (κ3) is 3.29. The van der Waals surface area contributed by atoms with Crippen molar-refractivity contribution in [2.24, 2.45) is 0 Å². The summed E-state index contributed by atoms with van der Waals surface area (Å²) in [6.07, 6.45) is 4.37. The molecule has 2 aromatic heterocycles. The Hall–Kier alpha value is -1.95. The van der Waals surface area contributed by atoms with Gasteiger partial charge in [0.15, 0.2) is 5.65 Å². The van der Waals surface area contributed by atoms with Crippen molar-refractivity contribution in [1.29, 1.82) is 0 Å². The van der Waals surface area contributed by atoms with Crippen LogP contribution < -0.4 is 5.32 Å². The number of amides is 1. The number of fused-ring (bicyclic) bond motifs is 1. The van der Waals surface area contributed by atoms with Crippen LogP contribution in [0.15, 0.2) is 18.3 Å². The van der Waals surface area contributed by atoms with Crippen LogP contribution in [0.1, 0.15) is 35.4 Å². The molecule has 2 heterocycles. The average molecular weight is 262 g/mol. The third-order valence-electron chi connectivity index (χ3n) is 2.96. The molecule has 0 fully saturated rings. The van der Waals surface area contributed by atoms with E-state index in [1.165, 1.54) is 0 Å². The van der Waals surface area contributed by atoms with Gasteiger partial charge in [-0.25, -0.2) is 0 Å². The van der Waals surface area contributed by atoms with Gasteiger partial charge in [-0.2, -0.15) is 0 Å². The molecular formula is C13H18N4O2. The van der Waals surface area contributed by atoms with E-state index in [1.54, 1.807) is 18.3 Å². The van der Waals surface area contributed by atoms with Gasteiger partial charge in [0, 0.05) is 24.9 Å². The highest BCUT2D eigenvalue weighted by atomic mass is 16.2. The largest absolute Gasteiger partial charge is 0.396 e. The first-order valence-electron chi connectivity index (χ1n) is 6.43. The van der Waals surface area contributed by atoms with Crippen molar-refractivity contribution in [3.63, 3.8) is 0 Å². The zero-order chi connectivity index (χ0) is 13.7. The van der Waals surface area contributed by atoms with E-state index in [1.807, 2.05) is 11.3 Å². The smallest absolute Gasteiger partial charge is 0.251 e. The Balaban J connectivity index is 1.93. The molecule has 0 aliphatic rings. The van der Waals surface area contributed by atoms with Crippen LogP contribution in [-0.4, -0.2) is 38.8 Å². The van der Waals surface area contributed by atoms with Crippen LogP contribution in [0.25, 0.3) is 5.65 Å². The van der Waals surface area contributed by atoms with E-state index in [0.717, 1.165) is 25.1 Å².